The number of anilines is 1. The fraction of sp³-hybridized carbons (Fsp3) is 0.619. The number of aliphatic hydroxyl groups excluding tert-OH is 1. The van der Waals surface area contributed by atoms with Crippen molar-refractivity contribution in [1.29, 1.82) is 1.43 Å². The minimum absolute atomic E-state index is 0.0466. The highest BCUT2D eigenvalue weighted by atomic mass is 32.2. The number of nitrogens with one attached hydrogen (secondary N) is 1. The monoisotopic (exact) mass is 511 g/mol. The molecule has 1 fully saturated rings. The number of hydrogen-bond donors (Lipinski definition) is 2. The van der Waals surface area contributed by atoms with Crippen LogP contribution in [0.4, 0.5) is 5.82 Å². The molecule has 186 valence electrons. The van der Waals surface area contributed by atoms with Gasteiger partial charge in [-0.15, -0.1) is 6.58 Å². The van der Waals surface area contributed by atoms with Crippen molar-refractivity contribution in [1.82, 2.24) is 24.2 Å². The van der Waals surface area contributed by atoms with Gasteiger partial charge >= 0.3 is 0 Å². The van der Waals surface area contributed by atoms with Crippen LogP contribution in [0.15, 0.2) is 24.1 Å². The van der Waals surface area contributed by atoms with Gasteiger partial charge in [0, 0.05) is 19.2 Å². The summed E-state index contributed by atoms with van der Waals surface area (Å²) >= 11 is 1.63. The van der Waals surface area contributed by atoms with Gasteiger partial charge in [0.05, 0.1) is 12.7 Å². The van der Waals surface area contributed by atoms with Crippen LogP contribution in [-0.4, -0.2) is 89.6 Å². The lowest BCUT2D eigenvalue weighted by atomic mass is 10.2. The molecule has 0 bridgehead atoms. The molecule has 34 heavy (non-hydrogen) atoms. The van der Waals surface area contributed by atoms with E-state index in [0.29, 0.717) is 23.4 Å². The van der Waals surface area contributed by atoms with E-state index in [-0.39, 0.29) is 25.9 Å². The molecule has 2 aromatic heterocycles. The predicted octanol–water partition coefficient (Wildman–Crippen LogP) is 3.32. The first-order valence-corrected chi connectivity index (χ1v) is 13.1. The maximum absolute atomic E-state index is 7.29. The van der Waals surface area contributed by atoms with Crippen molar-refractivity contribution in [3.05, 3.63) is 30.4 Å². The largest absolute Gasteiger partial charge is 0.394 e. The lowest BCUT2D eigenvalue weighted by Gasteiger charge is -2.26. The molecule has 0 saturated carbocycles. The van der Waals surface area contributed by atoms with Crippen molar-refractivity contribution in [2.24, 2.45) is 0 Å². The Hall–Kier alpha value is -1.84. The number of fused-ring (bicyclic) bond motifs is 1. The molecule has 0 amide bonds. The number of nitrogens with zero attached hydrogens (tertiary/aromatic N) is 6. The van der Waals surface area contributed by atoms with Gasteiger partial charge < -0.3 is 29.1 Å². The predicted molar refractivity (Wildman–Crippen MR) is 134 cm³/mol. The quantitative estimate of drug-likeness (QED) is 0.121. The molecule has 1 aliphatic heterocycles. The van der Waals surface area contributed by atoms with Gasteiger partial charge in [-0.05, 0) is 26.9 Å². The van der Waals surface area contributed by atoms with Crippen LogP contribution >= 0.6 is 20.3 Å². The third kappa shape index (κ3) is 6.43. The second-order valence-electron chi connectivity index (χ2n) is 7.66. The molecule has 1 saturated heterocycles. The molecule has 0 radical (unpaired) electrons. The van der Waals surface area contributed by atoms with Crippen LogP contribution in [0.25, 0.3) is 16.0 Å². The van der Waals surface area contributed by atoms with E-state index in [1.54, 1.807) is 18.8 Å². The van der Waals surface area contributed by atoms with Crippen molar-refractivity contribution in [2.45, 2.75) is 42.9 Å². The first-order valence-electron chi connectivity index (χ1n) is 11.4. The maximum Gasteiger partial charge on any atom is 0.258 e. The molecule has 0 aliphatic carbocycles. The van der Waals surface area contributed by atoms with Crippen LogP contribution in [-0.2, 0) is 13.8 Å². The molecule has 2 N–H and O–H groups in total. The number of ether oxygens (including phenoxy) is 1. The summed E-state index contributed by atoms with van der Waals surface area (Å²) in [5.41, 5.74) is 1.33. The average molecular weight is 512 g/mol. The number of allylic oxidation sites excluding steroid dienone is 1. The third-order valence-electron chi connectivity index (χ3n) is 5.05. The summed E-state index contributed by atoms with van der Waals surface area (Å²) in [5, 5.41) is 8.55. The number of aromatic nitrogens is 4. The zero-order valence-corrected chi connectivity index (χ0v) is 21.4. The summed E-state index contributed by atoms with van der Waals surface area (Å²) in [4.78, 5) is 17.0. The molecule has 1 aliphatic rings. The van der Waals surface area contributed by atoms with E-state index in [1.807, 2.05) is 29.4 Å². The van der Waals surface area contributed by atoms with E-state index < -0.39 is 20.9 Å². The maximum atomic E-state index is 7.29. The number of aliphatic hydroxyl groups is 1. The topological polar surface area (TPSA) is 111 Å². The summed E-state index contributed by atoms with van der Waals surface area (Å²) in [5.74, 6) is 1.51. The van der Waals surface area contributed by atoms with Crippen LogP contribution in [0.1, 0.15) is 25.5 Å². The van der Waals surface area contributed by atoms with E-state index in [0.717, 1.165) is 23.8 Å². The summed E-state index contributed by atoms with van der Waals surface area (Å²) < 4.78 is 29.6. The molecule has 11 nitrogen and oxygen atoms in total. The van der Waals surface area contributed by atoms with Crippen molar-refractivity contribution in [3.8, 4) is 0 Å². The Kier molecular flexibility index (Phi) is 9.88. The zero-order chi connectivity index (χ0) is 25.2. The second kappa shape index (κ2) is 13.3. The van der Waals surface area contributed by atoms with E-state index in [9.17, 15) is 0 Å². The average Bonchev–Trinajstić information content (AvgIpc) is 3.41. The van der Waals surface area contributed by atoms with Crippen molar-refractivity contribution >= 4 is 37.3 Å². The Bertz CT molecular complexity index is 1010. The molecule has 0 aromatic carbocycles. The highest BCUT2D eigenvalue weighted by Gasteiger charge is 2.41. The molecular formula is C21H32N7O4PS. The van der Waals surface area contributed by atoms with E-state index >= 15 is 0 Å². The first kappa shape index (κ1) is 25.3. The van der Waals surface area contributed by atoms with Crippen molar-refractivity contribution < 1.29 is 18.9 Å². The summed E-state index contributed by atoms with van der Waals surface area (Å²) in [6.07, 6.45) is 4.53. The van der Waals surface area contributed by atoms with Crippen molar-refractivity contribution in [3.63, 3.8) is 0 Å². The summed E-state index contributed by atoms with van der Waals surface area (Å²) in [6, 6.07) is 0. The fourth-order valence-electron chi connectivity index (χ4n) is 3.46. The van der Waals surface area contributed by atoms with Gasteiger partial charge in [-0.2, -0.15) is 0 Å². The standard InChI is InChI=1S/C21H32N7O4PS/c1-6-7-8-11-34-21-26-18-19(23-3)24-14-25-20(18)28(21)17-12-15(16(13-29)31-17)32-33(27(4)5)30-10-9-22-2/h6,14-17,29H,1,7-13H2,3-5H3,(H,23,24,25)/i29T. The minimum Gasteiger partial charge on any atom is -0.394 e. The van der Waals surface area contributed by atoms with E-state index in [1.165, 1.54) is 6.33 Å². The van der Waals surface area contributed by atoms with Crippen molar-refractivity contribution in [2.75, 3.05) is 52.0 Å². The Morgan fingerprint density at radius 2 is 2.41 bits per heavy atom. The smallest absolute Gasteiger partial charge is 0.258 e. The minimum atomic E-state index is -1.40. The third-order valence-corrected chi connectivity index (χ3v) is 7.60. The molecule has 3 heterocycles. The van der Waals surface area contributed by atoms with Gasteiger partial charge in [-0.3, -0.25) is 4.57 Å². The highest BCUT2D eigenvalue weighted by Crippen LogP contribution is 2.46. The molecule has 0 spiro atoms. The number of imidazole rings is 1. The van der Waals surface area contributed by atoms with Gasteiger partial charge in [0.1, 0.15) is 25.3 Å². The molecule has 13 heteroatoms. The van der Waals surface area contributed by atoms with E-state index in [4.69, 9.17) is 31.9 Å². The molecule has 4 unspecified atom stereocenters. The normalized spacial score (nSPS) is 21.5. The Balaban J connectivity index is 1.88. The Labute approximate surface area is 207 Å². The van der Waals surface area contributed by atoms with Gasteiger partial charge in [0.15, 0.2) is 22.1 Å². The van der Waals surface area contributed by atoms with Gasteiger partial charge in [0.25, 0.3) is 8.53 Å². The van der Waals surface area contributed by atoms with Gasteiger partial charge in [-0.1, -0.05) is 17.8 Å². The van der Waals surface area contributed by atoms with Crippen LogP contribution in [0, 0.1) is 6.57 Å². The zero-order valence-electron chi connectivity index (χ0n) is 20.7. The Morgan fingerprint density at radius 3 is 3.12 bits per heavy atom. The van der Waals surface area contributed by atoms with Gasteiger partial charge in [-0.25, -0.2) is 26.2 Å². The summed E-state index contributed by atoms with van der Waals surface area (Å²) in [6.45, 7) is 11.4. The van der Waals surface area contributed by atoms with Gasteiger partial charge in [0.2, 0.25) is 7.98 Å². The lowest BCUT2D eigenvalue weighted by Crippen LogP contribution is -2.28. The van der Waals surface area contributed by atoms with Crippen LogP contribution in [0.5, 0.6) is 0 Å². The van der Waals surface area contributed by atoms with Crippen LogP contribution < -0.4 is 5.32 Å². The number of unbranched alkanes of at least 4 members (excludes halogenated alkanes) is 1. The SMILES string of the molecule is [3H]OCC1OC(n2c(SCCCC=C)nc3c(NC)ncnc32)CC1OP(OCC[N+]#[C-])N(C)C. The van der Waals surface area contributed by atoms with Crippen LogP contribution in [0.2, 0.25) is 0 Å². The Morgan fingerprint density at radius 1 is 1.56 bits per heavy atom. The number of rotatable bonds is 15. The molecular weight excluding hydrogens is 477 g/mol. The summed E-state index contributed by atoms with van der Waals surface area (Å²) in [7, 11) is 4.13. The second-order valence-corrected chi connectivity index (χ2v) is 10.5. The first-order chi connectivity index (χ1) is 17.0. The highest BCUT2D eigenvalue weighted by molar-refractivity contribution is 7.99. The number of thioether (sulfide) groups is 1. The fourth-order valence-corrected chi connectivity index (χ4v) is 5.63. The molecule has 3 rings (SSSR count). The molecule has 4 atom stereocenters. The number of hydrogen-bond acceptors (Lipinski definition) is 10. The van der Waals surface area contributed by atoms with E-state index in [2.05, 4.69) is 26.7 Å². The molecule has 2 aromatic rings. The van der Waals surface area contributed by atoms with Crippen LogP contribution in [0.3, 0.4) is 0 Å². The lowest BCUT2D eigenvalue weighted by molar-refractivity contribution is -0.0430.